The first-order valence-electron chi connectivity index (χ1n) is 6.51. The number of fused-ring (bicyclic) bond motifs is 1. The smallest absolute Gasteiger partial charge is 0.237 e. The fourth-order valence-corrected chi connectivity index (χ4v) is 2.65. The van der Waals surface area contributed by atoms with E-state index in [1.165, 1.54) is 11.1 Å². The molecule has 1 atom stereocenters. The van der Waals surface area contributed by atoms with Gasteiger partial charge in [0.25, 0.3) is 0 Å². The van der Waals surface area contributed by atoms with E-state index in [-0.39, 0.29) is 24.1 Å². The number of hydrogen-bond donors (Lipinski definition) is 3. The summed E-state index contributed by atoms with van der Waals surface area (Å²) in [5.41, 5.74) is 2.53. The van der Waals surface area contributed by atoms with Crippen LogP contribution in [0.1, 0.15) is 24.0 Å². The summed E-state index contributed by atoms with van der Waals surface area (Å²) in [5.74, 6) is 0.0569. The second kappa shape index (κ2) is 4.71. The van der Waals surface area contributed by atoms with Crippen molar-refractivity contribution < 1.29 is 9.90 Å². The highest BCUT2D eigenvalue weighted by Crippen LogP contribution is 2.20. The van der Waals surface area contributed by atoms with E-state index in [1.807, 2.05) is 12.1 Å². The van der Waals surface area contributed by atoms with Crippen molar-refractivity contribution in [3.63, 3.8) is 0 Å². The van der Waals surface area contributed by atoms with Crippen LogP contribution in [0.3, 0.4) is 0 Å². The highest BCUT2D eigenvalue weighted by molar-refractivity contribution is 5.82. The van der Waals surface area contributed by atoms with Gasteiger partial charge in [-0.05, 0) is 30.4 Å². The second-order valence-corrected chi connectivity index (χ2v) is 5.24. The molecule has 3 N–H and O–H groups in total. The van der Waals surface area contributed by atoms with Crippen LogP contribution in [0, 0.1) is 0 Å². The van der Waals surface area contributed by atoms with E-state index in [2.05, 4.69) is 22.8 Å². The average molecular weight is 246 g/mol. The Labute approximate surface area is 106 Å². The Bertz CT molecular complexity index is 455. The molecule has 1 saturated carbocycles. The van der Waals surface area contributed by atoms with Crippen LogP contribution in [0.5, 0.6) is 0 Å². The van der Waals surface area contributed by atoms with Gasteiger partial charge in [-0.1, -0.05) is 24.3 Å². The van der Waals surface area contributed by atoms with Crippen molar-refractivity contribution in [3.8, 4) is 0 Å². The molecule has 1 heterocycles. The Morgan fingerprint density at radius 3 is 2.72 bits per heavy atom. The van der Waals surface area contributed by atoms with Crippen LogP contribution in [-0.2, 0) is 17.8 Å². The van der Waals surface area contributed by atoms with Gasteiger partial charge in [0.05, 0.1) is 12.1 Å². The first-order valence-corrected chi connectivity index (χ1v) is 6.51. The summed E-state index contributed by atoms with van der Waals surface area (Å²) >= 11 is 0. The monoisotopic (exact) mass is 246 g/mol. The van der Waals surface area contributed by atoms with Crippen LogP contribution in [-0.4, -0.2) is 29.2 Å². The van der Waals surface area contributed by atoms with Crippen molar-refractivity contribution in [2.24, 2.45) is 0 Å². The van der Waals surface area contributed by atoms with Crippen LogP contribution in [0.4, 0.5) is 0 Å². The number of hydrogen-bond acceptors (Lipinski definition) is 3. The lowest BCUT2D eigenvalue weighted by molar-refractivity contribution is -0.125. The summed E-state index contributed by atoms with van der Waals surface area (Å²) in [6.45, 7) is 0.752. The molecular formula is C14H18N2O2. The Morgan fingerprint density at radius 1 is 1.28 bits per heavy atom. The first kappa shape index (κ1) is 11.7. The minimum absolute atomic E-state index is 0.0569. The topological polar surface area (TPSA) is 61.4 Å². The van der Waals surface area contributed by atoms with E-state index >= 15 is 0 Å². The maximum Gasteiger partial charge on any atom is 0.237 e. The minimum atomic E-state index is -0.227. The predicted molar refractivity (Wildman–Crippen MR) is 67.9 cm³/mol. The van der Waals surface area contributed by atoms with Gasteiger partial charge in [0.1, 0.15) is 0 Å². The van der Waals surface area contributed by atoms with E-state index in [0.29, 0.717) is 12.8 Å². The number of amides is 1. The zero-order valence-corrected chi connectivity index (χ0v) is 10.2. The molecule has 4 nitrogen and oxygen atoms in total. The normalized spacial score (nSPS) is 30.2. The van der Waals surface area contributed by atoms with Gasteiger partial charge >= 0.3 is 0 Å². The molecule has 0 bridgehead atoms. The summed E-state index contributed by atoms with van der Waals surface area (Å²) < 4.78 is 0. The number of benzene rings is 1. The number of carbonyl (C=O) groups is 1. The molecule has 1 amide bonds. The van der Waals surface area contributed by atoms with E-state index in [0.717, 1.165) is 13.0 Å². The summed E-state index contributed by atoms with van der Waals surface area (Å²) in [7, 11) is 0. The van der Waals surface area contributed by atoms with Gasteiger partial charge in [-0.25, -0.2) is 0 Å². The Kier molecular flexibility index (Phi) is 3.06. The maximum absolute atomic E-state index is 12.1. The number of aliphatic hydroxyl groups is 1. The van der Waals surface area contributed by atoms with Gasteiger partial charge in [-0.15, -0.1) is 0 Å². The lowest BCUT2D eigenvalue weighted by atomic mass is 9.88. The summed E-state index contributed by atoms with van der Waals surface area (Å²) in [4.78, 5) is 12.1. The van der Waals surface area contributed by atoms with Crippen LogP contribution in [0.2, 0.25) is 0 Å². The van der Waals surface area contributed by atoms with Crippen molar-refractivity contribution in [2.45, 2.75) is 44.0 Å². The van der Waals surface area contributed by atoms with Crippen LogP contribution in [0.25, 0.3) is 0 Å². The molecule has 0 saturated heterocycles. The van der Waals surface area contributed by atoms with Crippen molar-refractivity contribution in [1.29, 1.82) is 0 Å². The van der Waals surface area contributed by atoms with Gasteiger partial charge in [0.15, 0.2) is 0 Å². The third-order valence-corrected chi connectivity index (χ3v) is 3.86. The SMILES string of the molecule is O=C(NC1CC(O)C1)[C@H]1Cc2ccccc2CN1. The molecule has 1 fully saturated rings. The lowest BCUT2D eigenvalue weighted by Crippen LogP contribution is -2.54. The largest absolute Gasteiger partial charge is 0.393 e. The molecule has 4 heteroatoms. The zero-order chi connectivity index (χ0) is 12.5. The molecule has 18 heavy (non-hydrogen) atoms. The Morgan fingerprint density at radius 2 is 2.00 bits per heavy atom. The number of nitrogens with one attached hydrogen (secondary N) is 2. The van der Waals surface area contributed by atoms with Gasteiger partial charge < -0.3 is 15.7 Å². The third kappa shape index (κ3) is 2.26. The van der Waals surface area contributed by atoms with Gasteiger partial charge in [-0.3, -0.25) is 4.79 Å². The van der Waals surface area contributed by atoms with Crippen LogP contribution >= 0.6 is 0 Å². The molecule has 1 aromatic rings. The second-order valence-electron chi connectivity index (χ2n) is 5.24. The highest BCUT2D eigenvalue weighted by atomic mass is 16.3. The summed E-state index contributed by atoms with van der Waals surface area (Å²) in [6.07, 6.45) is 1.90. The Balaban J connectivity index is 1.60. The summed E-state index contributed by atoms with van der Waals surface area (Å²) in [6, 6.07) is 8.24. The number of carbonyl (C=O) groups excluding carboxylic acids is 1. The molecule has 1 aromatic carbocycles. The molecule has 3 rings (SSSR count). The quantitative estimate of drug-likeness (QED) is 0.705. The number of aliphatic hydroxyl groups excluding tert-OH is 1. The third-order valence-electron chi connectivity index (χ3n) is 3.86. The number of rotatable bonds is 2. The first-order chi connectivity index (χ1) is 8.72. The molecule has 0 aromatic heterocycles. The molecule has 0 radical (unpaired) electrons. The van der Waals surface area contributed by atoms with Crippen molar-refractivity contribution >= 4 is 5.91 Å². The van der Waals surface area contributed by atoms with Gasteiger partial charge in [0, 0.05) is 12.6 Å². The van der Waals surface area contributed by atoms with Crippen LogP contribution in [0.15, 0.2) is 24.3 Å². The highest BCUT2D eigenvalue weighted by Gasteiger charge is 2.31. The minimum Gasteiger partial charge on any atom is -0.393 e. The zero-order valence-electron chi connectivity index (χ0n) is 10.2. The van der Waals surface area contributed by atoms with Crippen molar-refractivity contribution in [1.82, 2.24) is 10.6 Å². The average Bonchev–Trinajstić information content (AvgIpc) is 2.36. The van der Waals surface area contributed by atoms with E-state index in [9.17, 15) is 9.90 Å². The molecule has 2 aliphatic rings. The molecule has 0 unspecified atom stereocenters. The van der Waals surface area contributed by atoms with Gasteiger partial charge in [-0.2, -0.15) is 0 Å². The summed E-state index contributed by atoms with van der Waals surface area (Å²) in [5, 5.41) is 15.5. The molecule has 0 spiro atoms. The van der Waals surface area contributed by atoms with Gasteiger partial charge in [0.2, 0.25) is 5.91 Å². The Hall–Kier alpha value is -1.39. The van der Waals surface area contributed by atoms with E-state index < -0.39 is 0 Å². The fraction of sp³-hybridized carbons (Fsp3) is 0.500. The molecular weight excluding hydrogens is 228 g/mol. The fourth-order valence-electron chi connectivity index (χ4n) is 2.65. The molecule has 96 valence electrons. The van der Waals surface area contributed by atoms with Crippen LogP contribution < -0.4 is 10.6 Å². The van der Waals surface area contributed by atoms with E-state index in [4.69, 9.17) is 0 Å². The van der Waals surface area contributed by atoms with E-state index in [1.54, 1.807) is 0 Å². The maximum atomic E-state index is 12.1. The van der Waals surface area contributed by atoms with Crippen molar-refractivity contribution in [3.05, 3.63) is 35.4 Å². The standard InChI is InChI=1S/C14H18N2O2/c17-12-6-11(7-12)16-14(18)13-5-9-3-1-2-4-10(9)8-15-13/h1-4,11-13,15,17H,5-8H2,(H,16,18)/t11?,12?,13-/m1/s1. The molecule has 1 aliphatic heterocycles. The lowest BCUT2D eigenvalue weighted by Gasteiger charge is -2.34. The van der Waals surface area contributed by atoms with Crippen molar-refractivity contribution in [2.75, 3.05) is 0 Å². The predicted octanol–water partition coefficient (Wildman–Crippen LogP) is 0.340. The molecule has 1 aliphatic carbocycles.